The van der Waals surface area contributed by atoms with Crippen molar-refractivity contribution in [1.29, 1.82) is 0 Å². The highest BCUT2D eigenvalue weighted by atomic mass is 16.3. The number of rotatable bonds is 1. The summed E-state index contributed by atoms with van der Waals surface area (Å²) in [5.74, 6) is 0.0801. The van der Waals surface area contributed by atoms with Crippen molar-refractivity contribution in [2.24, 2.45) is 0 Å². The molecule has 1 fully saturated rings. The van der Waals surface area contributed by atoms with Gasteiger partial charge in [-0.05, 0) is 12.8 Å². The molecule has 1 aliphatic heterocycles. The standard InChI is InChI=1S/C7H13NO2/c1-6(10)8-4-2-3-7(8)5-9/h7,9H,2-5H2,1H3/t7-/m0/s1. The minimum Gasteiger partial charge on any atom is -0.394 e. The maximum absolute atomic E-state index is 10.8. The molecule has 3 heteroatoms. The molecule has 0 aromatic carbocycles. The summed E-state index contributed by atoms with van der Waals surface area (Å²) >= 11 is 0. The Balaban J connectivity index is 2.50. The fraction of sp³-hybridized carbons (Fsp3) is 0.857. The summed E-state index contributed by atoms with van der Waals surface area (Å²) in [6.07, 6.45) is 1.99. The third-order valence-electron chi connectivity index (χ3n) is 1.99. The fourth-order valence-electron chi connectivity index (χ4n) is 1.44. The van der Waals surface area contributed by atoms with Crippen molar-refractivity contribution in [2.75, 3.05) is 13.2 Å². The molecule has 0 unspecified atom stereocenters. The second-order valence-corrected chi connectivity index (χ2v) is 2.69. The van der Waals surface area contributed by atoms with Gasteiger partial charge in [0.1, 0.15) is 0 Å². The SMILES string of the molecule is CC(=O)N1CCC[C@H]1CO. The molecule has 1 rings (SSSR count). The zero-order valence-corrected chi connectivity index (χ0v) is 6.21. The van der Waals surface area contributed by atoms with Crippen LogP contribution in [0, 0.1) is 0 Å². The average molecular weight is 143 g/mol. The summed E-state index contributed by atoms with van der Waals surface area (Å²) in [7, 11) is 0. The first-order chi connectivity index (χ1) is 4.75. The number of aliphatic hydroxyl groups excluding tert-OH is 1. The molecule has 58 valence electrons. The summed E-state index contributed by atoms with van der Waals surface area (Å²) in [5.41, 5.74) is 0. The first-order valence-corrected chi connectivity index (χ1v) is 3.63. The van der Waals surface area contributed by atoms with E-state index in [-0.39, 0.29) is 18.6 Å². The maximum Gasteiger partial charge on any atom is 0.219 e. The van der Waals surface area contributed by atoms with Crippen molar-refractivity contribution in [2.45, 2.75) is 25.8 Å². The summed E-state index contributed by atoms with van der Waals surface area (Å²) in [5, 5.41) is 8.79. The Labute approximate surface area is 60.6 Å². The molecule has 1 N–H and O–H groups in total. The monoisotopic (exact) mass is 143 g/mol. The van der Waals surface area contributed by atoms with Crippen molar-refractivity contribution in [3.63, 3.8) is 0 Å². The van der Waals surface area contributed by atoms with Gasteiger partial charge in [-0.25, -0.2) is 0 Å². The molecule has 3 nitrogen and oxygen atoms in total. The summed E-state index contributed by atoms with van der Waals surface area (Å²) in [6, 6.07) is 0.0949. The lowest BCUT2D eigenvalue weighted by molar-refractivity contribution is -0.130. The average Bonchev–Trinajstić information content (AvgIpc) is 2.33. The molecule has 1 aliphatic rings. The molecule has 0 bridgehead atoms. The van der Waals surface area contributed by atoms with Gasteiger partial charge in [0.2, 0.25) is 5.91 Å². The smallest absolute Gasteiger partial charge is 0.219 e. The molecule has 1 amide bonds. The third kappa shape index (κ3) is 1.29. The molecule has 0 radical (unpaired) electrons. The first-order valence-electron chi connectivity index (χ1n) is 3.63. The molecule has 1 heterocycles. The Morgan fingerprint density at radius 3 is 2.90 bits per heavy atom. The second-order valence-electron chi connectivity index (χ2n) is 2.69. The predicted molar refractivity (Wildman–Crippen MR) is 37.5 cm³/mol. The minimum absolute atomic E-state index is 0.0801. The van der Waals surface area contributed by atoms with Crippen molar-refractivity contribution in [3.8, 4) is 0 Å². The van der Waals surface area contributed by atoms with Crippen LogP contribution in [-0.4, -0.2) is 35.1 Å². The van der Waals surface area contributed by atoms with Gasteiger partial charge in [-0.15, -0.1) is 0 Å². The van der Waals surface area contributed by atoms with Gasteiger partial charge in [0, 0.05) is 13.5 Å². The van der Waals surface area contributed by atoms with E-state index in [2.05, 4.69) is 0 Å². The normalized spacial score (nSPS) is 25.4. The molecule has 0 aliphatic carbocycles. The lowest BCUT2D eigenvalue weighted by Gasteiger charge is -2.20. The van der Waals surface area contributed by atoms with Crippen LogP contribution < -0.4 is 0 Å². The summed E-state index contributed by atoms with van der Waals surface area (Å²) < 4.78 is 0. The van der Waals surface area contributed by atoms with Crippen molar-refractivity contribution >= 4 is 5.91 Å². The van der Waals surface area contributed by atoms with Gasteiger partial charge in [0.05, 0.1) is 12.6 Å². The van der Waals surface area contributed by atoms with Gasteiger partial charge in [0.25, 0.3) is 0 Å². The van der Waals surface area contributed by atoms with Crippen molar-refractivity contribution < 1.29 is 9.90 Å². The van der Waals surface area contributed by atoms with Crippen LogP contribution in [0.4, 0.5) is 0 Å². The molecule has 1 saturated heterocycles. The zero-order valence-electron chi connectivity index (χ0n) is 6.21. The number of carbonyl (C=O) groups is 1. The van der Waals surface area contributed by atoms with E-state index < -0.39 is 0 Å². The van der Waals surface area contributed by atoms with Crippen molar-refractivity contribution in [3.05, 3.63) is 0 Å². The molecule has 0 aromatic heterocycles. The largest absolute Gasteiger partial charge is 0.394 e. The van der Waals surface area contributed by atoms with E-state index in [1.54, 1.807) is 11.8 Å². The van der Waals surface area contributed by atoms with Crippen LogP contribution in [-0.2, 0) is 4.79 Å². The van der Waals surface area contributed by atoms with Gasteiger partial charge < -0.3 is 10.0 Å². The van der Waals surface area contributed by atoms with Gasteiger partial charge in [-0.3, -0.25) is 4.79 Å². The number of amides is 1. The van der Waals surface area contributed by atoms with Gasteiger partial charge in [-0.1, -0.05) is 0 Å². The molecular weight excluding hydrogens is 130 g/mol. The number of nitrogens with zero attached hydrogens (tertiary/aromatic N) is 1. The Morgan fingerprint density at radius 2 is 2.50 bits per heavy atom. The Hall–Kier alpha value is -0.570. The van der Waals surface area contributed by atoms with E-state index in [4.69, 9.17) is 5.11 Å². The van der Waals surface area contributed by atoms with Crippen LogP contribution >= 0.6 is 0 Å². The van der Waals surface area contributed by atoms with E-state index >= 15 is 0 Å². The Morgan fingerprint density at radius 1 is 1.80 bits per heavy atom. The second kappa shape index (κ2) is 3.01. The van der Waals surface area contributed by atoms with E-state index in [1.807, 2.05) is 0 Å². The Kier molecular flexibility index (Phi) is 2.27. The van der Waals surface area contributed by atoms with Crippen LogP contribution in [0.1, 0.15) is 19.8 Å². The highest BCUT2D eigenvalue weighted by Gasteiger charge is 2.24. The van der Waals surface area contributed by atoms with Crippen LogP contribution in [0.5, 0.6) is 0 Å². The van der Waals surface area contributed by atoms with Crippen LogP contribution in [0.2, 0.25) is 0 Å². The molecule has 10 heavy (non-hydrogen) atoms. The maximum atomic E-state index is 10.8. The van der Waals surface area contributed by atoms with Gasteiger partial charge >= 0.3 is 0 Å². The third-order valence-corrected chi connectivity index (χ3v) is 1.99. The molecular formula is C7H13NO2. The predicted octanol–water partition coefficient (Wildman–Crippen LogP) is -0.0104. The number of likely N-dealkylation sites (tertiary alicyclic amines) is 1. The highest BCUT2D eigenvalue weighted by molar-refractivity contribution is 5.73. The van der Waals surface area contributed by atoms with Crippen LogP contribution in [0.3, 0.4) is 0 Å². The number of hydrogen-bond acceptors (Lipinski definition) is 2. The molecule has 0 aromatic rings. The fourth-order valence-corrected chi connectivity index (χ4v) is 1.44. The van der Waals surface area contributed by atoms with Gasteiger partial charge in [0.15, 0.2) is 0 Å². The number of aliphatic hydroxyl groups is 1. The summed E-state index contributed by atoms with van der Waals surface area (Å²) in [4.78, 5) is 12.6. The Bertz CT molecular complexity index is 136. The van der Waals surface area contributed by atoms with E-state index in [9.17, 15) is 4.79 Å². The summed E-state index contributed by atoms with van der Waals surface area (Å²) in [6.45, 7) is 2.48. The number of hydrogen-bond donors (Lipinski definition) is 1. The number of carbonyl (C=O) groups excluding carboxylic acids is 1. The quantitative estimate of drug-likeness (QED) is 0.561. The van der Waals surface area contributed by atoms with Gasteiger partial charge in [-0.2, -0.15) is 0 Å². The van der Waals surface area contributed by atoms with Crippen LogP contribution in [0.15, 0.2) is 0 Å². The zero-order chi connectivity index (χ0) is 7.56. The highest BCUT2D eigenvalue weighted by Crippen LogP contribution is 2.15. The van der Waals surface area contributed by atoms with E-state index in [1.165, 1.54) is 0 Å². The van der Waals surface area contributed by atoms with Crippen molar-refractivity contribution in [1.82, 2.24) is 4.90 Å². The topological polar surface area (TPSA) is 40.5 Å². The minimum atomic E-state index is 0.0801. The lowest BCUT2D eigenvalue weighted by atomic mass is 10.2. The molecule has 0 saturated carbocycles. The van der Waals surface area contributed by atoms with Crippen LogP contribution in [0.25, 0.3) is 0 Å². The molecule has 1 atom stereocenters. The molecule has 0 spiro atoms. The first kappa shape index (κ1) is 7.54. The lowest BCUT2D eigenvalue weighted by Crippen LogP contribution is -2.35. The van der Waals surface area contributed by atoms with E-state index in [0.717, 1.165) is 19.4 Å². The van der Waals surface area contributed by atoms with E-state index in [0.29, 0.717) is 0 Å².